The molecule has 0 saturated heterocycles. The second-order valence-corrected chi connectivity index (χ2v) is 5.76. The number of aromatic nitrogens is 2. The van der Waals surface area contributed by atoms with Crippen LogP contribution in [0, 0.1) is 0 Å². The zero-order valence-electron chi connectivity index (χ0n) is 13.9. The SMILES string of the molecule is NC(=O)c1nc(CNC(=O)CC(Cc2ccccc2)c2ccco2)no1. The summed E-state index contributed by atoms with van der Waals surface area (Å²) < 4.78 is 10.2. The van der Waals surface area contributed by atoms with E-state index in [1.807, 2.05) is 36.4 Å². The van der Waals surface area contributed by atoms with E-state index in [4.69, 9.17) is 10.2 Å². The summed E-state index contributed by atoms with van der Waals surface area (Å²) in [6.45, 7) is 0.0474. The third kappa shape index (κ3) is 4.56. The van der Waals surface area contributed by atoms with Gasteiger partial charge in [-0.05, 0) is 24.1 Å². The summed E-state index contributed by atoms with van der Waals surface area (Å²) in [6.07, 6.45) is 2.51. The lowest BCUT2D eigenvalue weighted by atomic mass is 9.93. The predicted molar refractivity (Wildman–Crippen MR) is 90.9 cm³/mol. The maximum atomic E-state index is 12.3. The molecule has 3 rings (SSSR count). The number of rotatable bonds is 8. The first-order valence-electron chi connectivity index (χ1n) is 8.08. The fourth-order valence-electron chi connectivity index (χ4n) is 2.59. The summed E-state index contributed by atoms with van der Waals surface area (Å²) in [7, 11) is 0. The number of carbonyl (C=O) groups is 2. The summed E-state index contributed by atoms with van der Waals surface area (Å²) >= 11 is 0. The van der Waals surface area contributed by atoms with E-state index < -0.39 is 5.91 Å². The van der Waals surface area contributed by atoms with Gasteiger partial charge >= 0.3 is 11.8 Å². The van der Waals surface area contributed by atoms with Gasteiger partial charge in [-0.25, -0.2) is 0 Å². The van der Waals surface area contributed by atoms with Gasteiger partial charge < -0.3 is 20.0 Å². The van der Waals surface area contributed by atoms with Crippen molar-refractivity contribution in [3.05, 3.63) is 71.8 Å². The molecule has 134 valence electrons. The Balaban J connectivity index is 1.60. The predicted octanol–water partition coefficient (Wildman–Crippen LogP) is 1.79. The molecule has 8 nitrogen and oxygen atoms in total. The summed E-state index contributed by atoms with van der Waals surface area (Å²) in [5.41, 5.74) is 6.16. The number of hydrogen-bond donors (Lipinski definition) is 2. The smallest absolute Gasteiger partial charge is 0.315 e. The Morgan fingerprint density at radius 1 is 1.15 bits per heavy atom. The molecule has 2 amide bonds. The highest BCUT2D eigenvalue weighted by Gasteiger charge is 2.20. The number of furan rings is 1. The lowest BCUT2D eigenvalue weighted by molar-refractivity contribution is -0.121. The molecule has 2 heterocycles. The number of nitrogens with one attached hydrogen (secondary N) is 1. The van der Waals surface area contributed by atoms with Crippen LogP contribution < -0.4 is 11.1 Å². The van der Waals surface area contributed by atoms with E-state index in [1.165, 1.54) is 0 Å². The molecule has 26 heavy (non-hydrogen) atoms. The van der Waals surface area contributed by atoms with Gasteiger partial charge in [0, 0.05) is 12.3 Å². The van der Waals surface area contributed by atoms with Crippen molar-refractivity contribution in [2.24, 2.45) is 5.73 Å². The third-order valence-corrected chi connectivity index (χ3v) is 3.82. The first kappa shape index (κ1) is 17.4. The average Bonchev–Trinajstić information content (AvgIpc) is 3.32. The Kier molecular flexibility index (Phi) is 5.43. The van der Waals surface area contributed by atoms with Crippen molar-refractivity contribution in [2.75, 3.05) is 0 Å². The summed E-state index contributed by atoms with van der Waals surface area (Å²) in [4.78, 5) is 27.0. The molecule has 1 unspecified atom stereocenters. The molecule has 1 atom stereocenters. The topological polar surface area (TPSA) is 124 Å². The Hall–Kier alpha value is -3.42. The molecule has 3 N–H and O–H groups in total. The maximum Gasteiger partial charge on any atom is 0.315 e. The molecule has 0 fully saturated rings. The van der Waals surface area contributed by atoms with Gasteiger partial charge in [-0.2, -0.15) is 4.98 Å². The van der Waals surface area contributed by atoms with Crippen molar-refractivity contribution in [2.45, 2.75) is 25.3 Å². The highest BCUT2D eigenvalue weighted by molar-refractivity contribution is 5.87. The normalized spacial score (nSPS) is 11.8. The van der Waals surface area contributed by atoms with Crippen molar-refractivity contribution in [1.29, 1.82) is 0 Å². The van der Waals surface area contributed by atoms with E-state index >= 15 is 0 Å². The van der Waals surface area contributed by atoms with Gasteiger partial charge in [-0.15, -0.1) is 0 Å². The van der Waals surface area contributed by atoms with Crippen molar-refractivity contribution >= 4 is 11.8 Å². The molecule has 0 saturated carbocycles. The fourth-order valence-corrected chi connectivity index (χ4v) is 2.59. The highest BCUT2D eigenvalue weighted by Crippen LogP contribution is 2.25. The van der Waals surface area contributed by atoms with E-state index in [0.29, 0.717) is 6.42 Å². The molecule has 0 aliphatic carbocycles. The standard InChI is InChI=1S/C18H18N4O4/c19-17(24)18-21-15(22-26-18)11-20-16(23)10-13(14-7-4-8-25-14)9-12-5-2-1-3-6-12/h1-8,13H,9-11H2,(H2,19,24)(H,20,23). The minimum Gasteiger partial charge on any atom is -0.469 e. The quantitative estimate of drug-likeness (QED) is 0.635. The number of nitrogens with zero attached hydrogens (tertiary/aromatic N) is 2. The van der Waals surface area contributed by atoms with Crippen LogP contribution in [0.2, 0.25) is 0 Å². The molecule has 3 aromatic rings. The van der Waals surface area contributed by atoms with Gasteiger partial charge in [-0.1, -0.05) is 35.5 Å². The molecular formula is C18H18N4O4. The van der Waals surface area contributed by atoms with Crippen LogP contribution in [0.1, 0.15) is 40.2 Å². The van der Waals surface area contributed by atoms with E-state index in [2.05, 4.69) is 20.0 Å². The van der Waals surface area contributed by atoms with Crippen LogP contribution >= 0.6 is 0 Å². The van der Waals surface area contributed by atoms with Crippen molar-refractivity contribution in [3.8, 4) is 0 Å². The molecule has 0 radical (unpaired) electrons. The zero-order valence-corrected chi connectivity index (χ0v) is 13.9. The van der Waals surface area contributed by atoms with Crippen molar-refractivity contribution in [3.63, 3.8) is 0 Å². The maximum absolute atomic E-state index is 12.3. The van der Waals surface area contributed by atoms with E-state index in [0.717, 1.165) is 11.3 Å². The van der Waals surface area contributed by atoms with Gasteiger partial charge in [0.25, 0.3) is 0 Å². The Bertz CT molecular complexity index is 858. The highest BCUT2D eigenvalue weighted by atomic mass is 16.5. The number of nitrogens with two attached hydrogens (primary N) is 1. The van der Waals surface area contributed by atoms with Gasteiger partial charge in [0.2, 0.25) is 5.91 Å². The van der Waals surface area contributed by atoms with Crippen LogP contribution in [0.5, 0.6) is 0 Å². The second kappa shape index (κ2) is 8.11. The van der Waals surface area contributed by atoms with Crippen LogP contribution in [0.3, 0.4) is 0 Å². The average molecular weight is 354 g/mol. The molecule has 0 aliphatic rings. The third-order valence-electron chi connectivity index (χ3n) is 3.82. The number of amides is 2. The zero-order chi connectivity index (χ0) is 18.4. The van der Waals surface area contributed by atoms with Gasteiger partial charge in [-0.3, -0.25) is 9.59 Å². The van der Waals surface area contributed by atoms with E-state index in [9.17, 15) is 9.59 Å². The van der Waals surface area contributed by atoms with Gasteiger partial charge in [0.15, 0.2) is 5.82 Å². The second-order valence-electron chi connectivity index (χ2n) is 5.76. The number of primary amides is 1. The largest absolute Gasteiger partial charge is 0.469 e. The monoisotopic (exact) mass is 354 g/mol. The lowest BCUT2D eigenvalue weighted by Crippen LogP contribution is -2.25. The van der Waals surface area contributed by atoms with E-state index in [-0.39, 0.29) is 36.5 Å². The molecule has 0 spiro atoms. The summed E-state index contributed by atoms with van der Waals surface area (Å²) in [5, 5.41) is 6.30. The number of hydrogen-bond acceptors (Lipinski definition) is 6. The molecule has 0 aliphatic heterocycles. The first-order chi connectivity index (χ1) is 12.6. The molecule has 0 bridgehead atoms. The summed E-state index contributed by atoms with van der Waals surface area (Å²) in [5.74, 6) is -0.446. The number of benzene rings is 1. The van der Waals surface area contributed by atoms with Crippen molar-refractivity contribution in [1.82, 2.24) is 15.5 Å². The van der Waals surface area contributed by atoms with Crippen LogP contribution in [0.4, 0.5) is 0 Å². The van der Waals surface area contributed by atoms with Gasteiger partial charge in [0.05, 0.1) is 12.8 Å². The van der Waals surface area contributed by atoms with Crippen LogP contribution in [-0.2, 0) is 17.8 Å². The van der Waals surface area contributed by atoms with Crippen LogP contribution in [0.25, 0.3) is 0 Å². The van der Waals surface area contributed by atoms with Crippen molar-refractivity contribution < 1.29 is 18.5 Å². The Labute approximate surface area is 149 Å². The summed E-state index contributed by atoms with van der Waals surface area (Å²) in [6, 6.07) is 13.6. The van der Waals surface area contributed by atoms with Crippen LogP contribution in [0.15, 0.2) is 57.7 Å². The molecule has 2 aromatic heterocycles. The first-order valence-corrected chi connectivity index (χ1v) is 8.08. The van der Waals surface area contributed by atoms with E-state index in [1.54, 1.807) is 12.3 Å². The number of carbonyl (C=O) groups excluding carboxylic acids is 2. The van der Waals surface area contributed by atoms with Crippen LogP contribution in [-0.4, -0.2) is 22.0 Å². The molecule has 1 aromatic carbocycles. The lowest BCUT2D eigenvalue weighted by Gasteiger charge is -2.14. The minimum absolute atomic E-state index is 0.0474. The molecular weight excluding hydrogens is 336 g/mol. The fraction of sp³-hybridized carbons (Fsp3) is 0.222. The Morgan fingerprint density at radius 3 is 2.62 bits per heavy atom. The van der Waals surface area contributed by atoms with Gasteiger partial charge in [0.1, 0.15) is 5.76 Å². The molecule has 8 heteroatoms. The Morgan fingerprint density at radius 2 is 1.96 bits per heavy atom. The minimum atomic E-state index is -0.809.